The van der Waals surface area contributed by atoms with Gasteiger partial charge in [0.2, 0.25) is 0 Å². The van der Waals surface area contributed by atoms with E-state index in [-0.39, 0.29) is 0 Å². The molecule has 106 valence electrons. The van der Waals surface area contributed by atoms with E-state index in [1.54, 1.807) is 0 Å². The van der Waals surface area contributed by atoms with E-state index in [0.717, 1.165) is 24.1 Å². The zero-order valence-corrected chi connectivity index (χ0v) is 12.9. The highest BCUT2D eigenvalue weighted by Gasteiger charge is 2.20. The maximum absolute atomic E-state index is 4.34. The third-order valence-corrected chi connectivity index (χ3v) is 4.26. The van der Waals surface area contributed by atoms with Crippen LogP contribution in [0.2, 0.25) is 0 Å². The summed E-state index contributed by atoms with van der Waals surface area (Å²) in [6, 6.07) is 5.37. The van der Waals surface area contributed by atoms with Crippen LogP contribution in [0.5, 0.6) is 0 Å². The van der Waals surface area contributed by atoms with Crippen molar-refractivity contribution < 1.29 is 0 Å². The quantitative estimate of drug-likeness (QED) is 0.791. The topological polar surface area (TPSA) is 41.0 Å². The molecule has 1 aliphatic rings. The summed E-state index contributed by atoms with van der Waals surface area (Å²) >= 11 is 1.89. The first-order chi connectivity index (χ1) is 9.20. The molecular formula is C14H24N4S. The molecule has 1 unspecified atom stereocenters. The van der Waals surface area contributed by atoms with Gasteiger partial charge in [-0.15, -0.1) is 5.10 Å². The summed E-state index contributed by atoms with van der Waals surface area (Å²) < 4.78 is 0. The maximum atomic E-state index is 4.34. The summed E-state index contributed by atoms with van der Waals surface area (Å²) in [6.07, 6.45) is 5.93. The molecule has 1 aliphatic carbocycles. The highest BCUT2D eigenvalue weighted by Crippen LogP contribution is 2.19. The molecule has 0 radical (unpaired) electrons. The molecule has 19 heavy (non-hydrogen) atoms. The van der Waals surface area contributed by atoms with E-state index in [1.165, 1.54) is 25.0 Å². The molecule has 0 amide bonds. The molecule has 0 bridgehead atoms. The number of rotatable bonds is 8. The Bertz CT molecular complexity index is 378. The largest absolute Gasteiger partial charge is 0.355 e. The van der Waals surface area contributed by atoms with E-state index in [1.807, 2.05) is 11.8 Å². The van der Waals surface area contributed by atoms with Gasteiger partial charge in [0.25, 0.3) is 0 Å². The van der Waals surface area contributed by atoms with E-state index in [4.69, 9.17) is 0 Å². The average Bonchev–Trinajstić information content (AvgIpc) is 3.26. The molecule has 5 heteroatoms. The van der Waals surface area contributed by atoms with Gasteiger partial charge >= 0.3 is 0 Å². The Morgan fingerprint density at radius 2 is 2.21 bits per heavy atom. The Kier molecular flexibility index (Phi) is 5.45. The van der Waals surface area contributed by atoms with Gasteiger partial charge in [-0.3, -0.25) is 0 Å². The molecule has 1 atom stereocenters. The lowest BCUT2D eigenvalue weighted by molar-refractivity contribution is 0.644. The highest BCUT2D eigenvalue weighted by atomic mass is 32.2. The normalized spacial score (nSPS) is 16.4. The van der Waals surface area contributed by atoms with E-state index in [2.05, 4.69) is 52.8 Å². The minimum atomic E-state index is 0.497. The van der Waals surface area contributed by atoms with Crippen molar-refractivity contribution in [3.05, 3.63) is 17.8 Å². The zero-order valence-electron chi connectivity index (χ0n) is 12.1. The minimum Gasteiger partial charge on any atom is -0.355 e. The lowest BCUT2D eigenvalue weighted by Crippen LogP contribution is -2.30. The van der Waals surface area contributed by atoms with E-state index in [9.17, 15) is 0 Å². The fourth-order valence-electron chi connectivity index (χ4n) is 1.88. The number of aromatic nitrogens is 2. The van der Waals surface area contributed by atoms with E-state index in [0.29, 0.717) is 6.04 Å². The first-order valence-electron chi connectivity index (χ1n) is 6.98. The molecule has 1 fully saturated rings. The molecule has 1 aromatic heterocycles. The molecule has 2 rings (SSSR count). The zero-order chi connectivity index (χ0) is 13.7. The van der Waals surface area contributed by atoms with Crippen LogP contribution in [-0.2, 0) is 6.54 Å². The van der Waals surface area contributed by atoms with Gasteiger partial charge in [-0.25, -0.2) is 0 Å². The highest BCUT2D eigenvalue weighted by molar-refractivity contribution is 7.98. The van der Waals surface area contributed by atoms with Crippen LogP contribution in [0.25, 0.3) is 0 Å². The number of anilines is 1. The second kappa shape index (κ2) is 7.10. The summed E-state index contributed by atoms with van der Waals surface area (Å²) in [4.78, 5) is 2.21. The minimum absolute atomic E-state index is 0.497. The first-order valence-corrected chi connectivity index (χ1v) is 8.38. The van der Waals surface area contributed by atoms with Gasteiger partial charge in [-0.2, -0.15) is 16.9 Å². The Morgan fingerprint density at radius 1 is 1.42 bits per heavy atom. The Labute approximate surface area is 120 Å². The monoisotopic (exact) mass is 280 g/mol. The van der Waals surface area contributed by atoms with Crippen molar-refractivity contribution in [1.82, 2.24) is 15.5 Å². The van der Waals surface area contributed by atoms with Crippen LogP contribution in [-0.4, -0.2) is 41.3 Å². The molecule has 0 aromatic carbocycles. The van der Waals surface area contributed by atoms with Crippen molar-refractivity contribution in [1.29, 1.82) is 0 Å². The van der Waals surface area contributed by atoms with Gasteiger partial charge < -0.3 is 10.2 Å². The Hall–Kier alpha value is -0.810. The van der Waals surface area contributed by atoms with Crippen molar-refractivity contribution in [2.75, 3.05) is 24.0 Å². The molecule has 1 aromatic rings. The van der Waals surface area contributed by atoms with Crippen LogP contribution in [0.3, 0.4) is 0 Å². The smallest absolute Gasteiger partial charge is 0.151 e. The molecule has 0 spiro atoms. The Balaban J connectivity index is 1.85. The van der Waals surface area contributed by atoms with Gasteiger partial charge in [0.15, 0.2) is 5.82 Å². The summed E-state index contributed by atoms with van der Waals surface area (Å²) in [5.74, 6) is 2.14. The van der Waals surface area contributed by atoms with Crippen LogP contribution in [0.1, 0.15) is 31.9 Å². The van der Waals surface area contributed by atoms with Gasteiger partial charge in [0.05, 0.1) is 5.69 Å². The number of nitrogens with zero attached hydrogens (tertiary/aromatic N) is 3. The standard InChI is InChI=1S/C14H24N4S/c1-11(8-9-19-3)18(2)14-7-6-13(16-17-14)10-15-12-4-5-12/h6-7,11-12,15H,4-5,8-10H2,1-3H3. The molecule has 1 N–H and O–H groups in total. The van der Waals surface area contributed by atoms with E-state index < -0.39 is 0 Å². The number of thioether (sulfide) groups is 1. The number of nitrogens with one attached hydrogen (secondary N) is 1. The van der Waals surface area contributed by atoms with Crippen molar-refractivity contribution in [2.24, 2.45) is 0 Å². The Morgan fingerprint density at radius 3 is 2.79 bits per heavy atom. The van der Waals surface area contributed by atoms with Crippen molar-refractivity contribution >= 4 is 17.6 Å². The summed E-state index contributed by atoms with van der Waals surface area (Å²) in [6.45, 7) is 3.07. The predicted molar refractivity (Wildman–Crippen MR) is 82.8 cm³/mol. The van der Waals surface area contributed by atoms with Gasteiger partial charge in [0, 0.05) is 25.7 Å². The molecule has 0 aliphatic heterocycles. The van der Waals surface area contributed by atoms with E-state index >= 15 is 0 Å². The molecule has 1 saturated carbocycles. The summed E-state index contributed by atoms with van der Waals surface area (Å²) in [5, 5.41) is 12.1. The van der Waals surface area contributed by atoms with Crippen molar-refractivity contribution in [2.45, 2.75) is 44.8 Å². The third-order valence-electron chi connectivity index (χ3n) is 3.62. The fourth-order valence-corrected chi connectivity index (χ4v) is 2.46. The number of hydrogen-bond acceptors (Lipinski definition) is 5. The second-order valence-corrected chi connectivity index (χ2v) is 6.27. The van der Waals surface area contributed by atoms with Crippen molar-refractivity contribution in [3.63, 3.8) is 0 Å². The number of hydrogen-bond donors (Lipinski definition) is 1. The predicted octanol–water partition coefficient (Wildman–Crippen LogP) is 2.31. The second-order valence-electron chi connectivity index (χ2n) is 5.28. The van der Waals surface area contributed by atoms with Crippen LogP contribution < -0.4 is 10.2 Å². The van der Waals surface area contributed by atoms with Gasteiger partial charge in [0.1, 0.15) is 0 Å². The third kappa shape index (κ3) is 4.66. The molecule has 4 nitrogen and oxygen atoms in total. The van der Waals surface area contributed by atoms with Gasteiger partial charge in [-0.1, -0.05) is 0 Å². The lowest BCUT2D eigenvalue weighted by Gasteiger charge is -2.25. The first kappa shape index (κ1) is 14.6. The van der Waals surface area contributed by atoms with Crippen LogP contribution in [0.15, 0.2) is 12.1 Å². The fraction of sp³-hybridized carbons (Fsp3) is 0.714. The summed E-state index contributed by atoms with van der Waals surface area (Å²) in [7, 11) is 2.09. The van der Waals surface area contributed by atoms with Crippen LogP contribution >= 0.6 is 11.8 Å². The average molecular weight is 280 g/mol. The van der Waals surface area contributed by atoms with Gasteiger partial charge in [-0.05, 0) is 50.3 Å². The van der Waals surface area contributed by atoms with Crippen LogP contribution in [0.4, 0.5) is 5.82 Å². The van der Waals surface area contributed by atoms with Crippen molar-refractivity contribution in [3.8, 4) is 0 Å². The molecule has 1 heterocycles. The van der Waals surface area contributed by atoms with Crippen LogP contribution in [0, 0.1) is 0 Å². The SMILES string of the molecule is CSCCC(C)N(C)c1ccc(CNC2CC2)nn1. The summed E-state index contributed by atoms with van der Waals surface area (Å²) in [5.41, 5.74) is 1.03. The molecule has 0 saturated heterocycles. The molecular weight excluding hydrogens is 256 g/mol. The maximum Gasteiger partial charge on any atom is 0.151 e. The lowest BCUT2D eigenvalue weighted by atomic mass is 10.2.